The van der Waals surface area contributed by atoms with E-state index in [1.807, 2.05) is 12.1 Å². The van der Waals surface area contributed by atoms with Crippen molar-refractivity contribution in [2.45, 2.75) is 25.1 Å². The molecule has 0 bridgehead atoms. The lowest BCUT2D eigenvalue weighted by atomic mass is 9.96. The molecule has 1 aliphatic rings. The molecule has 1 aromatic carbocycles. The van der Waals surface area contributed by atoms with Gasteiger partial charge in [-0.2, -0.15) is 0 Å². The van der Waals surface area contributed by atoms with Gasteiger partial charge in [0.1, 0.15) is 11.9 Å². The van der Waals surface area contributed by atoms with E-state index in [1.165, 1.54) is 0 Å². The van der Waals surface area contributed by atoms with Gasteiger partial charge in [0.25, 0.3) is 0 Å². The van der Waals surface area contributed by atoms with E-state index in [-0.39, 0.29) is 24.2 Å². The monoisotopic (exact) mass is 231 g/mol. The summed E-state index contributed by atoms with van der Waals surface area (Å²) in [5.41, 5.74) is 0.801. The molecule has 0 aliphatic carbocycles. The number of piperidine rings is 1. The molecule has 84 valence electrons. The zero-order chi connectivity index (χ0) is 9.97. The van der Waals surface area contributed by atoms with E-state index in [4.69, 9.17) is 0 Å². The van der Waals surface area contributed by atoms with E-state index in [0.29, 0.717) is 19.4 Å². The zero-order valence-corrected chi connectivity index (χ0v) is 9.14. The number of phenols is 1. The van der Waals surface area contributed by atoms with Crippen molar-refractivity contribution < 1.29 is 9.50 Å². The largest absolute Gasteiger partial charge is 0.508 e. The first-order valence-corrected chi connectivity index (χ1v) is 4.92. The van der Waals surface area contributed by atoms with Crippen LogP contribution in [-0.2, 0) is 0 Å². The highest BCUT2D eigenvalue weighted by atomic mass is 35.5. The normalized spacial score (nSPS) is 25.7. The van der Waals surface area contributed by atoms with E-state index < -0.39 is 6.17 Å². The standard InChI is InChI=1S/C11H14FNO.ClH/c12-8-5-6-13-10(7-8)9-3-1-2-4-11(9)14;/h1-4,8,10,13-14H,5-7H2;1H. The zero-order valence-electron chi connectivity index (χ0n) is 8.32. The molecule has 1 saturated heterocycles. The van der Waals surface area contributed by atoms with Crippen molar-refractivity contribution in [2.24, 2.45) is 0 Å². The summed E-state index contributed by atoms with van der Waals surface area (Å²) in [6.45, 7) is 0.681. The fourth-order valence-electron chi connectivity index (χ4n) is 1.89. The molecule has 4 heteroatoms. The Labute approximate surface area is 94.9 Å². The smallest absolute Gasteiger partial charge is 0.120 e. The van der Waals surface area contributed by atoms with Gasteiger partial charge in [-0.15, -0.1) is 12.4 Å². The summed E-state index contributed by atoms with van der Waals surface area (Å²) in [6, 6.07) is 7.07. The quantitative estimate of drug-likeness (QED) is 0.779. The predicted octanol–water partition coefficient (Wildman–Crippen LogP) is 2.58. The van der Waals surface area contributed by atoms with Crippen molar-refractivity contribution in [3.05, 3.63) is 29.8 Å². The Hall–Kier alpha value is -0.800. The summed E-state index contributed by atoms with van der Waals surface area (Å²) in [6.07, 6.45) is 0.280. The number of phenolic OH excluding ortho intramolecular Hbond substituents is 1. The third-order valence-corrected chi connectivity index (χ3v) is 2.65. The van der Waals surface area contributed by atoms with Crippen LogP contribution in [0.25, 0.3) is 0 Å². The van der Waals surface area contributed by atoms with Gasteiger partial charge < -0.3 is 10.4 Å². The van der Waals surface area contributed by atoms with Crippen LogP contribution in [0, 0.1) is 0 Å². The summed E-state index contributed by atoms with van der Waals surface area (Å²) in [5, 5.41) is 12.8. The number of halogens is 2. The molecule has 1 aromatic rings. The second-order valence-corrected chi connectivity index (χ2v) is 3.69. The predicted molar refractivity (Wildman–Crippen MR) is 60.2 cm³/mol. The molecule has 0 radical (unpaired) electrons. The molecule has 0 spiro atoms. The topological polar surface area (TPSA) is 32.3 Å². The molecule has 2 nitrogen and oxygen atoms in total. The second kappa shape index (κ2) is 5.33. The Morgan fingerprint density at radius 1 is 1.33 bits per heavy atom. The number of hydrogen-bond donors (Lipinski definition) is 2. The van der Waals surface area contributed by atoms with Crippen molar-refractivity contribution in [1.82, 2.24) is 5.32 Å². The van der Waals surface area contributed by atoms with E-state index >= 15 is 0 Å². The molecular formula is C11H15ClFNO. The fourth-order valence-corrected chi connectivity index (χ4v) is 1.89. The molecule has 2 rings (SSSR count). The van der Waals surface area contributed by atoms with Crippen LogP contribution >= 0.6 is 12.4 Å². The molecule has 2 atom stereocenters. The minimum absolute atomic E-state index is 0. The number of nitrogens with one attached hydrogen (secondary N) is 1. The Kier molecular flexibility index (Phi) is 4.36. The van der Waals surface area contributed by atoms with Crippen LogP contribution in [0.1, 0.15) is 24.4 Å². The van der Waals surface area contributed by atoms with Crippen molar-refractivity contribution >= 4 is 12.4 Å². The van der Waals surface area contributed by atoms with E-state index in [9.17, 15) is 9.50 Å². The number of rotatable bonds is 1. The van der Waals surface area contributed by atoms with Gasteiger partial charge in [-0.3, -0.25) is 0 Å². The Bertz CT molecular complexity index is 321. The highest BCUT2D eigenvalue weighted by Gasteiger charge is 2.23. The number of para-hydroxylation sites is 1. The number of aromatic hydroxyl groups is 1. The van der Waals surface area contributed by atoms with Gasteiger partial charge >= 0.3 is 0 Å². The van der Waals surface area contributed by atoms with Crippen LogP contribution < -0.4 is 5.32 Å². The maximum atomic E-state index is 13.1. The Balaban J connectivity index is 0.00000112. The third kappa shape index (κ3) is 2.83. The molecule has 1 aliphatic heterocycles. The van der Waals surface area contributed by atoms with Gasteiger partial charge in [0.05, 0.1) is 0 Å². The molecule has 0 aromatic heterocycles. The summed E-state index contributed by atoms with van der Waals surface area (Å²) in [7, 11) is 0. The molecular weight excluding hydrogens is 217 g/mol. The van der Waals surface area contributed by atoms with E-state index in [1.54, 1.807) is 12.1 Å². The van der Waals surface area contributed by atoms with Crippen molar-refractivity contribution in [1.29, 1.82) is 0 Å². The van der Waals surface area contributed by atoms with Gasteiger partial charge in [-0.1, -0.05) is 18.2 Å². The molecule has 2 N–H and O–H groups in total. The van der Waals surface area contributed by atoms with Crippen molar-refractivity contribution in [3.8, 4) is 5.75 Å². The van der Waals surface area contributed by atoms with Gasteiger partial charge in [0, 0.05) is 11.6 Å². The summed E-state index contributed by atoms with van der Waals surface area (Å²) in [5.74, 6) is 0.249. The average Bonchev–Trinajstić information content (AvgIpc) is 2.18. The van der Waals surface area contributed by atoms with Crippen LogP contribution in [0.3, 0.4) is 0 Å². The molecule has 0 saturated carbocycles. The SMILES string of the molecule is Cl.Oc1ccccc1C1CC(F)CCN1. The minimum atomic E-state index is -0.749. The van der Waals surface area contributed by atoms with Crippen LogP contribution in [0.2, 0.25) is 0 Å². The van der Waals surface area contributed by atoms with Gasteiger partial charge in [-0.05, 0) is 25.5 Å². The van der Waals surface area contributed by atoms with Crippen LogP contribution in [0.15, 0.2) is 24.3 Å². The van der Waals surface area contributed by atoms with Crippen molar-refractivity contribution in [2.75, 3.05) is 6.54 Å². The van der Waals surface area contributed by atoms with Crippen LogP contribution in [0.4, 0.5) is 4.39 Å². The van der Waals surface area contributed by atoms with Gasteiger partial charge in [-0.25, -0.2) is 4.39 Å². The number of benzene rings is 1. The average molecular weight is 232 g/mol. The van der Waals surface area contributed by atoms with Crippen LogP contribution in [-0.4, -0.2) is 17.8 Å². The minimum Gasteiger partial charge on any atom is -0.508 e. The van der Waals surface area contributed by atoms with Crippen LogP contribution in [0.5, 0.6) is 5.75 Å². The number of alkyl halides is 1. The van der Waals surface area contributed by atoms with Crippen molar-refractivity contribution in [3.63, 3.8) is 0 Å². The number of hydrogen-bond acceptors (Lipinski definition) is 2. The van der Waals surface area contributed by atoms with E-state index in [0.717, 1.165) is 5.56 Å². The fraction of sp³-hybridized carbons (Fsp3) is 0.455. The highest BCUT2D eigenvalue weighted by Crippen LogP contribution is 2.30. The Morgan fingerprint density at radius 2 is 2.07 bits per heavy atom. The molecule has 2 unspecified atom stereocenters. The maximum Gasteiger partial charge on any atom is 0.120 e. The summed E-state index contributed by atoms with van der Waals surface area (Å²) < 4.78 is 13.1. The lowest BCUT2D eigenvalue weighted by Crippen LogP contribution is -2.32. The molecule has 1 fully saturated rings. The van der Waals surface area contributed by atoms with E-state index in [2.05, 4.69) is 5.32 Å². The van der Waals surface area contributed by atoms with Gasteiger partial charge in [0.2, 0.25) is 0 Å². The lowest BCUT2D eigenvalue weighted by Gasteiger charge is -2.26. The summed E-state index contributed by atoms with van der Waals surface area (Å²) >= 11 is 0. The maximum absolute atomic E-state index is 13.1. The summed E-state index contributed by atoms with van der Waals surface area (Å²) in [4.78, 5) is 0. The first kappa shape index (κ1) is 12.3. The lowest BCUT2D eigenvalue weighted by molar-refractivity contribution is 0.222. The molecule has 1 heterocycles. The third-order valence-electron chi connectivity index (χ3n) is 2.65. The molecule has 0 amide bonds. The first-order valence-electron chi connectivity index (χ1n) is 4.92. The van der Waals surface area contributed by atoms with Gasteiger partial charge in [0.15, 0.2) is 0 Å². The first-order chi connectivity index (χ1) is 6.77. The molecule has 15 heavy (non-hydrogen) atoms. The Morgan fingerprint density at radius 3 is 2.73 bits per heavy atom. The second-order valence-electron chi connectivity index (χ2n) is 3.69. The highest BCUT2D eigenvalue weighted by molar-refractivity contribution is 5.85.